The minimum atomic E-state index is -4.29. The molecule has 5 rings (SSSR count). The third-order valence-corrected chi connectivity index (χ3v) is 9.66. The highest BCUT2D eigenvalue weighted by Crippen LogP contribution is 2.55. The third kappa shape index (κ3) is 4.45. The summed E-state index contributed by atoms with van der Waals surface area (Å²) in [5.74, 6) is -11.2. The molecule has 0 spiro atoms. The van der Waals surface area contributed by atoms with Crippen LogP contribution in [0.25, 0.3) is 0 Å². The average molecular weight is 610 g/mol. The molecule has 4 aliphatic rings. The van der Waals surface area contributed by atoms with Crippen LogP contribution in [0, 0.1) is 17.8 Å². The van der Waals surface area contributed by atoms with Gasteiger partial charge in [-0.3, -0.25) is 24.2 Å². The number of aromatic hydroxyl groups is 1. The van der Waals surface area contributed by atoms with E-state index in [1.165, 1.54) is 19.0 Å². The summed E-state index contributed by atoms with van der Waals surface area (Å²) in [4.78, 5) is 42.7. The highest BCUT2D eigenvalue weighted by Gasteiger charge is 2.67. The summed E-state index contributed by atoms with van der Waals surface area (Å²) < 4.78 is 39.3. The second-order valence-corrected chi connectivity index (χ2v) is 12.2. The number of alkyl halides is 3. The zero-order valence-corrected chi connectivity index (χ0v) is 23.7. The number of fused-ring (bicyclic) bond motifs is 3. The van der Waals surface area contributed by atoms with Crippen molar-refractivity contribution >= 4 is 17.5 Å². The Morgan fingerprint density at radius 1 is 1.14 bits per heavy atom. The highest BCUT2D eigenvalue weighted by atomic mass is 19.4. The molecule has 1 saturated heterocycles. The Morgan fingerprint density at radius 3 is 2.28 bits per heavy atom. The van der Waals surface area contributed by atoms with E-state index >= 15 is 0 Å². The molecule has 1 fully saturated rings. The Bertz CT molecular complexity index is 1460. The number of hydrogen-bond donors (Lipinski definition) is 6. The molecule has 0 bridgehead atoms. The first-order valence-electron chi connectivity index (χ1n) is 13.9. The minimum Gasteiger partial charge on any atom is -0.510 e. The van der Waals surface area contributed by atoms with Crippen LogP contribution >= 0.6 is 0 Å². The van der Waals surface area contributed by atoms with Gasteiger partial charge in [0.1, 0.15) is 22.8 Å². The van der Waals surface area contributed by atoms with E-state index in [4.69, 9.17) is 5.73 Å². The zero-order valence-electron chi connectivity index (χ0n) is 23.7. The molecule has 234 valence electrons. The van der Waals surface area contributed by atoms with Crippen LogP contribution in [0.5, 0.6) is 5.75 Å². The number of benzene rings is 1. The third-order valence-electron chi connectivity index (χ3n) is 9.66. The molecule has 43 heavy (non-hydrogen) atoms. The normalized spacial score (nSPS) is 32.2. The van der Waals surface area contributed by atoms with Crippen molar-refractivity contribution in [2.24, 2.45) is 23.5 Å². The molecule has 7 N–H and O–H groups in total. The molecule has 11 nitrogen and oxygen atoms in total. The van der Waals surface area contributed by atoms with E-state index < -0.39 is 93.5 Å². The SMILES string of the molecule is C[C@H]1c2ccc(CN3CCC(C(F)(F)F)CC3)c(O)c2C(=O)C2=C(O)[C@]3(O)C(=O)C(C(N)=O)=C(O)[C@@H](N(C)C)C3[C@@H](O)C21. The van der Waals surface area contributed by atoms with Gasteiger partial charge in [-0.1, -0.05) is 19.1 Å². The van der Waals surface area contributed by atoms with Gasteiger partial charge in [0.15, 0.2) is 11.4 Å². The molecule has 6 atom stereocenters. The van der Waals surface area contributed by atoms with Crippen LogP contribution in [0.4, 0.5) is 13.2 Å². The molecule has 14 heteroatoms. The monoisotopic (exact) mass is 609 g/mol. The summed E-state index contributed by atoms with van der Waals surface area (Å²) in [5, 5.41) is 57.0. The lowest BCUT2D eigenvalue weighted by Gasteiger charge is -2.53. The molecular formula is C29H34F3N3O8. The molecule has 1 aliphatic heterocycles. The first-order valence-corrected chi connectivity index (χ1v) is 13.9. The minimum absolute atomic E-state index is 0.0451. The number of likely N-dealkylation sites (tertiary alicyclic amines) is 1. The molecule has 2 unspecified atom stereocenters. The van der Waals surface area contributed by atoms with Gasteiger partial charge in [0, 0.05) is 23.6 Å². The number of likely N-dealkylation sites (N-methyl/N-ethyl adjacent to an activating group) is 1. The van der Waals surface area contributed by atoms with Gasteiger partial charge in [-0.25, -0.2) is 0 Å². The first-order chi connectivity index (χ1) is 19.9. The largest absolute Gasteiger partial charge is 0.510 e. The quantitative estimate of drug-likeness (QED) is 0.273. The number of halogens is 3. The number of phenolic OH excluding ortho intramolecular Hbond substituents is 1. The van der Waals surface area contributed by atoms with Gasteiger partial charge in [0.05, 0.1) is 29.5 Å². The van der Waals surface area contributed by atoms with Crippen molar-refractivity contribution in [2.75, 3.05) is 27.2 Å². The number of Topliss-reactive ketones (excluding diaryl/α,β-unsaturated/α-hetero) is 2. The Balaban J connectivity index is 1.58. The number of phenols is 1. The van der Waals surface area contributed by atoms with Gasteiger partial charge >= 0.3 is 6.18 Å². The first kappa shape index (κ1) is 31.0. The zero-order chi connectivity index (χ0) is 31.9. The van der Waals surface area contributed by atoms with Crippen LogP contribution in [0.1, 0.15) is 47.2 Å². The summed E-state index contributed by atoms with van der Waals surface area (Å²) in [5.41, 5.74) is 1.14. The molecule has 1 aromatic rings. The second kappa shape index (κ2) is 10.3. The van der Waals surface area contributed by atoms with Crippen molar-refractivity contribution in [1.29, 1.82) is 0 Å². The maximum Gasteiger partial charge on any atom is 0.391 e. The number of amides is 1. The molecular weight excluding hydrogens is 575 g/mol. The van der Waals surface area contributed by atoms with Crippen molar-refractivity contribution < 1.29 is 53.1 Å². The van der Waals surface area contributed by atoms with Gasteiger partial charge in [-0.2, -0.15) is 13.2 Å². The number of carbonyl (C=O) groups is 3. The Morgan fingerprint density at radius 2 is 1.74 bits per heavy atom. The van der Waals surface area contributed by atoms with Crippen LogP contribution < -0.4 is 5.73 Å². The lowest BCUT2D eigenvalue weighted by atomic mass is 9.55. The lowest BCUT2D eigenvalue weighted by molar-refractivity contribution is -0.185. The second-order valence-electron chi connectivity index (χ2n) is 12.2. The number of ketones is 2. The van der Waals surface area contributed by atoms with Crippen molar-refractivity contribution in [1.82, 2.24) is 9.80 Å². The van der Waals surface area contributed by atoms with E-state index in [9.17, 15) is 53.1 Å². The summed E-state index contributed by atoms with van der Waals surface area (Å²) >= 11 is 0. The smallest absolute Gasteiger partial charge is 0.391 e. The number of nitrogens with two attached hydrogens (primary N) is 1. The van der Waals surface area contributed by atoms with E-state index in [-0.39, 0.29) is 43.6 Å². The van der Waals surface area contributed by atoms with Gasteiger partial charge in [0.2, 0.25) is 5.78 Å². The number of hydrogen-bond acceptors (Lipinski definition) is 10. The number of aliphatic hydroxyl groups is 4. The number of nitrogens with zero attached hydrogens (tertiary/aromatic N) is 2. The lowest BCUT2D eigenvalue weighted by Crippen LogP contribution is -2.68. The van der Waals surface area contributed by atoms with Gasteiger partial charge in [-0.05, 0) is 51.5 Å². The number of primary amides is 1. The predicted octanol–water partition coefficient (Wildman–Crippen LogP) is 1.43. The summed E-state index contributed by atoms with van der Waals surface area (Å²) in [6.45, 7) is 1.91. The van der Waals surface area contributed by atoms with Gasteiger partial charge in [0.25, 0.3) is 5.91 Å². The Labute approximate surface area is 244 Å². The average Bonchev–Trinajstić information content (AvgIpc) is 2.91. The van der Waals surface area contributed by atoms with E-state index in [1.54, 1.807) is 24.0 Å². The number of aliphatic hydroxyl groups excluding tert-OH is 3. The summed E-state index contributed by atoms with van der Waals surface area (Å²) in [6, 6.07) is 1.76. The fraction of sp³-hybridized carbons (Fsp3) is 0.552. The number of piperidine rings is 1. The molecule has 1 amide bonds. The fourth-order valence-electron chi connectivity index (χ4n) is 7.45. The summed E-state index contributed by atoms with van der Waals surface area (Å²) in [6.07, 6.45) is -6.20. The molecule has 1 aromatic carbocycles. The Hall–Kier alpha value is -3.46. The van der Waals surface area contributed by atoms with E-state index in [2.05, 4.69) is 0 Å². The van der Waals surface area contributed by atoms with Crippen molar-refractivity contribution in [3.8, 4) is 5.75 Å². The summed E-state index contributed by atoms with van der Waals surface area (Å²) in [7, 11) is 2.91. The van der Waals surface area contributed by atoms with Crippen molar-refractivity contribution in [2.45, 2.75) is 56.2 Å². The predicted molar refractivity (Wildman–Crippen MR) is 144 cm³/mol. The van der Waals surface area contributed by atoms with E-state index in [0.717, 1.165) is 0 Å². The van der Waals surface area contributed by atoms with Crippen LogP contribution in [0.15, 0.2) is 34.8 Å². The molecule has 0 saturated carbocycles. The topological polar surface area (TPSA) is 185 Å². The van der Waals surface area contributed by atoms with Crippen LogP contribution in [-0.2, 0) is 16.1 Å². The van der Waals surface area contributed by atoms with Crippen molar-refractivity contribution in [3.05, 3.63) is 51.5 Å². The van der Waals surface area contributed by atoms with Crippen molar-refractivity contribution in [3.63, 3.8) is 0 Å². The molecule has 3 aliphatic carbocycles. The molecule has 1 heterocycles. The number of rotatable bonds is 4. The number of carbonyl (C=O) groups excluding carboxylic acids is 3. The van der Waals surface area contributed by atoms with Gasteiger partial charge < -0.3 is 31.3 Å². The van der Waals surface area contributed by atoms with Crippen LogP contribution in [0.2, 0.25) is 0 Å². The van der Waals surface area contributed by atoms with Crippen LogP contribution in [-0.4, -0.2) is 104 Å². The van der Waals surface area contributed by atoms with E-state index in [0.29, 0.717) is 5.56 Å². The maximum atomic E-state index is 14.0. The van der Waals surface area contributed by atoms with E-state index in [1.807, 2.05) is 0 Å². The Kier molecular flexibility index (Phi) is 7.44. The molecule has 0 aromatic heterocycles. The van der Waals surface area contributed by atoms with Gasteiger partial charge in [-0.15, -0.1) is 0 Å². The maximum absolute atomic E-state index is 14.0. The molecule has 0 radical (unpaired) electrons. The van der Waals surface area contributed by atoms with Crippen LogP contribution in [0.3, 0.4) is 0 Å². The highest BCUT2D eigenvalue weighted by molar-refractivity contribution is 6.25. The standard InChI is InChI=1S/C29H34F3N3O8/c1-11-14-5-4-12(10-35-8-6-13(7-9-35)29(30,31)32)21(36)16(14)22(37)17-15(11)23(38)19-20(34(2)3)24(39)18(27(33)42)26(41)28(19,43)25(17)40/h4-5,11,13,15,19-20,23,36,38-40,43H,6-10H2,1-3H3,(H2,33,42)/t11-,15?,19?,20-,23-,28-/m0/s1. The fourth-order valence-corrected chi connectivity index (χ4v) is 7.45.